The molecule has 2 unspecified atom stereocenters. The average Bonchev–Trinajstić information content (AvgIpc) is 2.94. The first-order valence-corrected chi connectivity index (χ1v) is 10.7. The molecule has 0 bridgehead atoms. The second kappa shape index (κ2) is 6.64. The molecule has 0 saturated heterocycles. The van der Waals surface area contributed by atoms with Gasteiger partial charge in [-0.1, -0.05) is 6.07 Å². The van der Waals surface area contributed by atoms with E-state index in [1.807, 2.05) is 19.2 Å². The predicted molar refractivity (Wildman–Crippen MR) is 115 cm³/mol. The van der Waals surface area contributed by atoms with Crippen LogP contribution in [0.5, 0.6) is 0 Å². The van der Waals surface area contributed by atoms with Gasteiger partial charge in [-0.25, -0.2) is 4.98 Å². The van der Waals surface area contributed by atoms with Gasteiger partial charge in [0.15, 0.2) is 0 Å². The number of nitrogens with zero attached hydrogens (tertiary/aromatic N) is 4. The lowest BCUT2D eigenvalue weighted by atomic mass is 9.81. The fourth-order valence-electron chi connectivity index (χ4n) is 5.20. The third kappa shape index (κ3) is 2.99. The molecule has 1 N–H and O–H groups in total. The van der Waals surface area contributed by atoms with Crippen LogP contribution in [0, 0.1) is 13.8 Å². The van der Waals surface area contributed by atoms with Crippen molar-refractivity contribution >= 4 is 11.0 Å². The van der Waals surface area contributed by atoms with Crippen LogP contribution in [0.3, 0.4) is 0 Å². The molecule has 2 atom stereocenters. The van der Waals surface area contributed by atoms with E-state index in [0.29, 0.717) is 12.6 Å². The highest BCUT2D eigenvalue weighted by atomic mass is 16.3. The molecule has 2 aliphatic rings. The second-order valence-corrected chi connectivity index (χ2v) is 9.20. The number of rotatable bonds is 2. The highest BCUT2D eigenvalue weighted by Crippen LogP contribution is 2.39. The van der Waals surface area contributed by atoms with Crippen molar-refractivity contribution in [2.45, 2.75) is 71.2 Å². The van der Waals surface area contributed by atoms with E-state index in [4.69, 9.17) is 9.97 Å². The van der Waals surface area contributed by atoms with Crippen LogP contribution in [0.25, 0.3) is 11.0 Å². The molecule has 29 heavy (non-hydrogen) atoms. The number of hydrogen-bond donors (Lipinski definition) is 1. The van der Waals surface area contributed by atoms with Crippen molar-refractivity contribution in [1.82, 2.24) is 19.4 Å². The zero-order valence-electron chi connectivity index (χ0n) is 17.9. The van der Waals surface area contributed by atoms with E-state index in [1.54, 1.807) is 0 Å². The summed E-state index contributed by atoms with van der Waals surface area (Å²) < 4.78 is 2.31. The van der Waals surface area contributed by atoms with E-state index >= 15 is 0 Å². The molecule has 0 saturated carbocycles. The number of likely N-dealkylation sites (N-methyl/N-ethyl adjacent to an activating group) is 1. The third-order valence-corrected chi connectivity index (χ3v) is 6.95. The van der Waals surface area contributed by atoms with Gasteiger partial charge in [0.25, 0.3) is 0 Å². The first kappa shape index (κ1) is 18.8. The monoisotopic (exact) mass is 390 g/mol. The summed E-state index contributed by atoms with van der Waals surface area (Å²) in [4.78, 5) is 12.0. The van der Waals surface area contributed by atoms with Gasteiger partial charge in [-0.05, 0) is 70.3 Å². The highest BCUT2D eigenvalue weighted by molar-refractivity contribution is 5.83. The second-order valence-electron chi connectivity index (χ2n) is 9.20. The molecule has 0 aromatic carbocycles. The first-order chi connectivity index (χ1) is 13.9. The molecule has 3 aromatic heterocycles. The SMILES string of the molecule is Cc1cnc2c(c1)c1c(n2CC2(O)CCCc3nc(C)ccc32)CC(C)N(C)C1. The van der Waals surface area contributed by atoms with Crippen molar-refractivity contribution in [3.63, 3.8) is 0 Å². The topological polar surface area (TPSA) is 54.2 Å². The summed E-state index contributed by atoms with van der Waals surface area (Å²) >= 11 is 0. The Labute approximate surface area is 172 Å². The van der Waals surface area contributed by atoms with Gasteiger partial charge in [0.1, 0.15) is 11.2 Å². The molecule has 1 aliphatic heterocycles. The Kier molecular flexibility index (Phi) is 4.30. The van der Waals surface area contributed by atoms with Crippen LogP contribution in [-0.2, 0) is 31.5 Å². The zero-order chi connectivity index (χ0) is 20.3. The summed E-state index contributed by atoms with van der Waals surface area (Å²) in [5, 5.41) is 13.1. The van der Waals surface area contributed by atoms with Gasteiger partial charge in [-0.3, -0.25) is 9.88 Å². The Morgan fingerprint density at radius 3 is 2.93 bits per heavy atom. The van der Waals surface area contributed by atoms with Gasteiger partial charge in [0, 0.05) is 53.2 Å². The Hall–Kier alpha value is -2.24. The largest absolute Gasteiger partial charge is 0.383 e. The van der Waals surface area contributed by atoms with Crippen molar-refractivity contribution in [3.05, 3.63) is 58.2 Å². The number of hydrogen-bond acceptors (Lipinski definition) is 4. The Morgan fingerprint density at radius 1 is 1.28 bits per heavy atom. The lowest BCUT2D eigenvalue weighted by molar-refractivity contribution is 0.000681. The minimum absolute atomic E-state index is 0.476. The summed E-state index contributed by atoms with van der Waals surface area (Å²) in [7, 11) is 2.19. The van der Waals surface area contributed by atoms with E-state index in [1.165, 1.54) is 22.2 Å². The number of aryl methyl sites for hydroxylation is 3. The van der Waals surface area contributed by atoms with Crippen LogP contribution in [0.1, 0.15) is 53.5 Å². The predicted octanol–water partition coefficient (Wildman–Crippen LogP) is 3.65. The molecule has 152 valence electrons. The van der Waals surface area contributed by atoms with Crippen LogP contribution in [0.4, 0.5) is 0 Å². The van der Waals surface area contributed by atoms with E-state index < -0.39 is 5.60 Å². The molecular weight excluding hydrogens is 360 g/mol. The van der Waals surface area contributed by atoms with Gasteiger partial charge in [-0.2, -0.15) is 0 Å². The minimum Gasteiger partial charge on any atom is -0.383 e. The molecule has 5 nitrogen and oxygen atoms in total. The number of aliphatic hydroxyl groups is 1. The fraction of sp³-hybridized carbons (Fsp3) is 0.500. The van der Waals surface area contributed by atoms with E-state index in [0.717, 1.165) is 54.8 Å². The van der Waals surface area contributed by atoms with Crippen LogP contribution in [-0.4, -0.2) is 37.6 Å². The van der Waals surface area contributed by atoms with E-state index in [9.17, 15) is 5.11 Å². The molecule has 0 spiro atoms. The maximum absolute atomic E-state index is 11.8. The van der Waals surface area contributed by atoms with E-state index in [-0.39, 0.29) is 0 Å². The standard InChI is InChI=1S/C24H30N4O/c1-15-10-18-19-13-27(4)17(3)11-22(19)28(23(18)25-12-15)14-24(29)9-5-6-21-20(24)8-7-16(2)26-21/h7-8,10,12,17,29H,5-6,9,11,13-14H2,1-4H3. The Morgan fingerprint density at radius 2 is 2.10 bits per heavy atom. The molecule has 5 heteroatoms. The lowest BCUT2D eigenvalue weighted by Crippen LogP contribution is -2.39. The lowest BCUT2D eigenvalue weighted by Gasteiger charge is -2.36. The third-order valence-electron chi connectivity index (χ3n) is 6.95. The van der Waals surface area contributed by atoms with E-state index in [2.05, 4.69) is 42.5 Å². The maximum Gasteiger partial charge on any atom is 0.140 e. The number of fused-ring (bicyclic) bond motifs is 4. The highest BCUT2D eigenvalue weighted by Gasteiger charge is 2.38. The molecule has 3 aromatic rings. The molecule has 1 aliphatic carbocycles. The smallest absolute Gasteiger partial charge is 0.140 e. The molecule has 4 heterocycles. The van der Waals surface area contributed by atoms with Crippen LogP contribution in [0.15, 0.2) is 24.4 Å². The summed E-state index contributed by atoms with van der Waals surface area (Å²) in [5.74, 6) is 0. The van der Waals surface area contributed by atoms with Crippen LogP contribution >= 0.6 is 0 Å². The fourth-order valence-corrected chi connectivity index (χ4v) is 5.20. The Bertz CT molecular complexity index is 1100. The molecule has 0 fully saturated rings. The van der Waals surface area contributed by atoms with Crippen molar-refractivity contribution in [3.8, 4) is 0 Å². The maximum atomic E-state index is 11.8. The van der Waals surface area contributed by atoms with Crippen molar-refractivity contribution in [2.24, 2.45) is 0 Å². The van der Waals surface area contributed by atoms with Gasteiger partial charge in [0.05, 0.1) is 6.54 Å². The summed E-state index contributed by atoms with van der Waals surface area (Å²) in [6.07, 6.45) is 5.61. The molecular formula is C24H30N4O. The number of aromatic nitrogens is 3. The quantitative estimate of drug-likeness (QED) is 0.726. The molecule has 0 radical (unpaired) electrons. The van der Waals surface area contributed by atoms with Crippen molar-refractivity contribution in [2.75, 3.05) is 7.05 Å². The summed E-state index contributed by atoms with van der Waals surface area (Å²) in [5.41, 5.74) is 7.07. The number of pyridine rings is 2. The summed E-state index contributed by atoms with van der Waals surface area (Å²) in [6, 6.07) is 6.84. The Balaban J connectivity index is 1.66. The molecule has 0 amide bonds. The van der Waals surface area contributed by atoms with Crippen LogP contribution in [0.2, 0.25) is 0 Å². The first-order valence-electron chi connectivity index (χ1n) is 10.7. The van der Waals surface area contributed by atoms with Crippen molar-refractivity contribution in [1.29, 1.82) is 0 Å². The molecule has 5 rings (SSSR count). The average molecular weight is 391 g/mol. The van der Waals surface area contributed by atoms with Gasteiger partial charge >= 0.3 is 0 Å². The van der Waals surface area contributed by atoms with Crippen molar-refractivity contribution < 1.29 is 5.11 Å². The normalized spacial score (nSPS) is 24.5. The van der Waals surface area contributed by atoms with Crippen LogP contribution < -0.4 is 0 Å². The van der Waals surface area contributed by atoms with Gasteiger partial charge in [0.2, 0.25) is 0 Å². The zero-order valence-corrected chi connectivity index (χ0v) is 17.9. The summed E-state index contributed by atoms with van der Waals surface area (Å²) in [6.45, 7) is 7.88. The minimum atomic E-state index is -0.896. The van der Waals surface area contributed by atoms with Gasteiger partial charge in [-0.15, -0.1) is 0 Å². The van der Waals surface area contributed by atoms with Gasteiger partial charge < -0.3 is 9.67 Å².